The van der Waals surface area contributed by atoms with Gasteiger partial charge in [0.05, 0.1) is 19.8 Å². The van der Waals surface area contributed by atoms with Gasteiger partial charge in [-0.3, -0.25) is 0 Å². The minimum absolute atomic E-state index is 0.535. The third-order valence-corrected chi connectivity index (χ3v) is 3.49. The van der Waals surface area contributed by atoms with Gasteiger partial charge >= 0.3 is 0 Å². The number of rotatable bonds is 8. The molecule has 21 heavy (non-hydrogen) atoms. The maximum Gasteiger partial charge on any atom is 0.119 e. The largest absolute Gasteiger partial charge is 0.493 e. The molecular weight excluding hydrogens is 330 g/mol. The van der Waals surface area contributed by atoms with Crippen LogP contribution < -0.4 is 10.5 Å². The Kier molecular flexibility index (Phi) is 6.73. The van der Waals surface area contributed by atoms with Crippen LogP contribution in [0.3, 0.4) is 0 Å². The molecule has 0 bridgehead atoms. The van der Waals surface area contributed by atoms with E-state index in [0.29, 0.717) is 26.4 Å². The van der Waals surface area contributed by atoms with Crippen molar-refractivity contribution >= 4 is 15.9 Å². The summed E-state index contributed by atoms with van der Waals surface area (Å²) in [4.78, 5) is 0. The zero-order chi connectivity index (χ0) is 14.9. The maximum atomic E-state index is 5.68. The molecule has 0 fully saturated rings. The fraction of sp³-hybridized carbons (Fsp3) is 0.294. The Labute approximate surface area is 134 Å². The maximum absolute atomic E-state index is 5.68. The summed E-state index contributed by atoms with van der Waals surface area (Å²) in [5.41, 5.74) is 7.85. The fourth-order valence-electron chi connectivity index (χ4n) is 1.93. The van der Waals surface area contributed by atoms with E-state index in [2.05, 4.69) is 28.1 Å². The summed E-state index contributed by atoms with van der Waals surface area (Å²) in [5.74, 6) is 0.866. The van der Waals surface area contributed by atoms with Gasteiger partial charge in [0.2, 0.25) is 0 Å². The topological polar surface area (TPSA) is 44.5 Å². The molecule has 0 saturated heterocycles. The number of nitrogens with two attached hydrogens (primary N) is 1. The monoisotopic (exact) mass is 349 g/mol. The second kappa shape index (κ2) is 8.82. The average molecular weight is 350 g/mol. The molecule has 3 nitrogen and oxygen atoms in total. The van der Waals surface area contributed by atoms with Gasteiger partial charge in [0.25, 0.3) is 0 Å². The van der Waals surface area contributed by atoms with Gasteiger partial charge in [0.15, 0.2) is 0 Å². The summed E-state index contributed by atoms with van der Waals surface area (Å²) in [6.45, 7) is 2.49. The molecule has 0 spiro atoms. The molecule has 0 heterocycles. The lowest BCUT2D eigenvalue weighted by atomic mass is 10.2. The van der Waals surface area contributed by atoms with Crippen molar-refractivity contribution in [3.8, 4) is 5.75 Å². The van der Waals surface area contributed by atoms with Gasteiger partial charge in [-0.05, 0) is 35.4 Å². The molecule has 0 aromatic heterocycles. The summed E-state index contributed by atoms with van der Waals surface area (Å²) in [5, 5.41) is 0. The highest BCUT2D eigenvalue weighted by molar-refractivity contribution is 9.10. The molecule has 4 heteroatoms. The van der Waals surface area contributed by atoms with Crippen molar-refractivity contribution in [2.24, 2.45) is 5.73 Å². The summed E-state index contributed by atoms with van der Waals surface area (Å²) >= 11 is 3.45. The van der Waals surface area contributed by atoms with Crippen LogP contribution in [-0.2, 0) is 17.9 Å². The molecule has 2 N–H and O–H groups in total. The molecule has 0 aliphatic heterocycles. The van der Waals surface area contributed by atoms with E-state index in [-0.39, 0.29) is 0 Å². The van der Waals surface area contributed by atoms with Crippen molar-refractivity contribution in [2.45, 2.75) is 19.6 Å². The van der Waals surface area contributed by atoms with Crippen LogP contribution in [0.25, 0.3) is 0 Å². The van der Waals surface area contributed by atoms with Crippen molar-refractivity contribution in [3.05, 3.63) is 64.1 Å². The molecule has 0 amide bonds. The molecule has 2 rings (SSSR count). The third kappa shape index (κ3) is 5.87. The molecule has 2 aromatic carbocycles. The van der Waals surface area contributed by atoms with E-state index in [1.807, 2.05) is 36.4 Å². The standard InChI is InChI=1S/C17H20BrNO2/c18-16-6-1-5-15(10-16)13-20-8-3-9-21-17-7-2-4-14(11-17)12-19/h1-2,4-7,10-11H,3,8-9,12-13,19H2. The molecule has 0 saturated carbocycles. The molecule has 0 radical (unpaired) electrons. The van der Waals surface area contributed by atoms with Gasteiger partial charge in [-0.25, -0.2) is 0 Å². The third-order valence-electron chi connectivity index (χ3n) is 2.99. The van der Waals surface area contributed by atoms with E-state index in [9.17, 15) is 0 Å². The zero-order valence-corrected chi connectivity index (χ0v) is 13.5. The Balaban J connectivity index is 1.61. The number of ether oxygens (including phenoxy) is 2. The zero-order valence-electron chi connectivity index (χ0n) is 11.9. The number of halogens is 1. The predicted octanol–water partition coefficient (Wildman–Crippen LogP) is 3.89. The van der Waals surface area contributed by atoms with E-state index >= 15 is 0 Å². The number of benzene rings is 2. The number of hydrogen-bond donors (Lipinski definition) is 1. The van der Waals surface area contributed by atoms with E-state index in [1.165, 1.54) is 5.56 Å². The highest BCUT2D eigenvalue weighted by atomic mass is 79.9. The fourth-order valence-corrected chi connectivity index (χ4v) is 2.38. The normalized spacial score (nSPS) is 10.6. The highest BCUT2D eigenvalue weighted by Crippen LogP contribution is 2.14. The second-order valence-electron chi connectivity index (χ2n) is 4.74. The first-order valence-corrected chi connectivity index (χ1v) is 7.81. The van der Waals surface area contributed by atoms with Crippen LogP contribution in [0.1, 0.15) is 17.5 Å². The Hall–Kier alpha value is -1.36. The smallest absolute Gasteiger partial charge is 0.119 e. The molecular formula is C17H20BrNO2. The van der Waals surface area contributed by atoms with Crippen LogP contribution >= 0.6 is 15.9 Å². The van der Waals surface area contributed by atoms with E-state index < -0.39 is 0 Å². The van der Waals surface area contributed by atoms with Crippen LogP contribution in [0.15, 0.2) is 53.0 Å². The van der Waals surface area contributed by atoms with Crippen LogP contribution in [0, 0.1) is 0 Å². The van der Waals surface area contributed by atoms with E-state index in [1.54, 1.807) is 0 Å². The van der Waals surface area contributed by atoms with Crippen LogP contribution in [-0.4, -0.2) is 13.2 Å². The lowest BCUT2D eigenvalue weighted by molar-refractivity contribution is 0.107. The second-order valence-corrected chi connectivity index (χ2v) is 5.65. The number of hydrogen-bond acceptors (Lipinski definition) is 3. The SMILES string of the molecule is NCc1cccc(OCCCOCc2cccc(Br)c2)c1. The van der Waals surface area contributed by atoms with Crippen LogP contribution in [0.2, 0.25) is 0 Å². The molecule has 2 aromatic rings. The summed E-state index contributed by atoms with van der Waals surface area (Å²) in [7, 11) is 0. The van der Waals surface area contributed by atoms with Gasteiger partial charge in [-0.15, -0.1) is 0 Å². The molecule has 0 aliphatic rings. The Morgan fingerprint density at radius 1 is 0.952 bits per heavy atom. The van der Waals surface area contributed by atoms with Gasteiger partial charge in [0.1, 0.15) is 5.75 Å². The molecule has 112 valence electrons. The lowest BCUT2D eigenvalue weighted by Gasteiger charge is -2.08. The molecule has 0 aliphatic carbocycles. The average Bonchev–Trinajstić information content (AvgIpc) is 2.51. The van der Waals surface area contributed by atoms with Crippen molar-refractivity contribution in [3.63, 3.8) is 0 Å². The Morgan fingerprint density at radius 2 is 1.76 bits per heavy atom. The summed E-state index contributed by atoms with van der Waals surface area (Å²) < 4.78 is 12.4. The first-order valence-electron chi connectivity index (χ1n) is 7.02. The van der Waals surface area contributed by atoms with Crippen molar-refractivity contribution in [1.82, 2.24) is 0 Å². The lowest BCUT2D eigenvalue weighted by Crippen LogP contribution is -2.04. The summed E-state index contributed by atoms with van der Waals surface area (Å²) in [6.07, 6.45) is 0.862. The van der Waals surface area contributed by atoms with Gasteiger partial charge in [-0.1, -0.05) is 40.2 Å². The Bertz CT molecular complexity index is 560. The van der Waals surface area contributed by atoms with Gasteiger partial charge < -0.3 is 15.2 Å². The van der Waals surface area contributed by atoms with Crippen molar-refractivity contribution in [1.29, 1.82) is 0 Å². The van der Waals surface area contributed by atoms with Gasteiger partial charge in [0, 0.05) is 17.4 Å². The Morgan fingerprint density at radius 3 is 2.57 bits per heavy atom. The van der Waals surface area contributed by atoms with Crippen LogP contribution in [0.4, 0.5) is 0 Å². The minimum atomic E-state index is 0.535. The van der Waals surface area contributed by atoms with E-state index in [4.69, 9.17) is 15.2 Å². The highest BCUT2D eigenvalue weighted by Gasteiger charge is 1.97. The first kappa shape index (κ1) is 16.0. The quantitative estimate of drug-likeness (QED) is 0.735. The summed E-state index contributed by atoms with van der Waals surface area (Å²) in [6, 6.07) is 16.0. The predicted molar refractivity (Wildman–Crippen MR) is 88.2 cm³/mol. The first-order chi connectivity index (χ1) is 10.3. The van der Waals surface area contributed by atoms with Gasteiger partial charge in [-0.2, -0.15) is 0 Å². The van der Waals surface area contributed by atoms with Crippen molar-refractivity contribution < 1.29 is 9.47 Å². The van der Waals surface area contributed by atoms with Crippen LogP contribution in [0.5, 0.6) is 5.75 Å². The van der Waals surface area contributed by atoms with E-state index in [0.717, 1.165) is 22.2 Å². The van der Waals surface area contributed by atoms with Crippen molar-refractivity contribution in [2.75, 3.05) is 13.2 Å². The molecule has 0 unspecified atom stereocenters. The minimum Gasteiger partial charge on any atom is -0.493 e. The molecule has 0 atom stereocenters.